The minimum Gasteiger partial charge on any atom is -0.320 e. The van der Waals surface area contributed by atoms with Gasteiger partial charge in [0.2, 0.25) is 0 Å². The molecule has 1 rings (SSSR count). The first kappa shape index (κ1) is 20.0. The Labute approximate surface area is 152 Å². The molecule has 1 unspecified atom stereocenters. The molecule has 0 bridgehead atoms. The van der Waals surface area contributed by atoms with Crippen LogP contribution in [0.25, 0.3) is 0 Å². The Kier molecular flexibility index (Phi) is 7.90. The van der Waals surface area contributed by atoms with Crippen molar-refractivity contribution >= 4 is 23.2 Å². The summed E-state index contributed by atoms with van der Waals surface area (Å²) in [6.45, 7) is 8.87. The zero-order chi connectivity index (χ0) is 14.8. The van der Waals surface area contributed by atoms with Crippen molar-refractivity contribution in [1.29, 1.82) is 0 Å². The monoisotopic (exact) mass is 372 g/mol. The molecular weight excluding hydrogens is 349 g/mol. The number of nitrogens with zero attached hydrogens (tertiary/aromatic N) is 1. The van der Waals surface area contributed by atoms with E-state index in [2.05, 4.69) is 26.3 Å². The van der Waals surface area contributed by atoms with Crippen molar-refractivity contribution in [2.75, 3.05) is 26.0 Å². The van der Waals surface area contributed by atoms with Crippen LogP contribution in [0.15, 0.2) is 12.1 Å². The standard InChI is InChI=1S/C15H23ClN2O.Y/c1-7-18(5,6)12(4)15(19)17-14-10(2)8-13(16)9-11(14)3;/h8-9,12H,7H2,1-6H3;/p+1. The number of halogens is 1. The summed E-state index contributed by atoms with van der Waals surface area (Å²) in [5.74, 6) is 0.0420. The Balaban J connectivity index is 0.00000361. The van der Waals surface area contributed by atoms with Gasteiger partial charge in [-0.15, -0.1) is 0 Å². The number of nitrogens with one attached hydrogen (secondary N) is 1. The van der Waals surface area contributed by atoms with Gasteiger partial charge in [0.1, 0.15) is 0 Å². The largest absolute Gasteiger partial charge is 0.320 e. The molecule has 0 fully saturated rings. The number of rotatable bonds is 4. The van der Waals surface area contributed by atoms with E-state index in [9.17, 15) is 4.79 Å². The molecule has 1 amide bonds. The van der Waals surface area contributed by atoms with E-state index in [4.69, 9.17) is 11.6 Å². The summed E-state index contributed by atoms with van der Waals surface area (Å²) in [6.07, 6.45) is 0. The van der Waals surface area contributed by atoms with Gasteiger partial charge in [0.15, 0.2) is 6.04 Å². The van der Waals surface area contributed by atoms with Crippen molar-refractivity contribution in [3.05, 3.63) is 28.3 Å². The molecule has 109 valence electrons. The third kappa shape index (κ3) is 4.80. The van der Waals surface area contributed by atoms with Crippen LogP contribution < -0.4 is 5.32 Å². The summed E-state index contributed by atoms with van der Waals surface area (Å²) >= 11 is 6.00. The molecular formula is C15H24ClN2OY+. The molecule has 5 heteroatoms. The number of benzene rings is 1. The molecule has 1 aromatic carbocycles. The number of anilines is 1. The fraction of sp³-hybridized carbons (Fsp3) is 0.533. The van der Waals surface area contributed by atoms with Gasteiger partial charge in [0.05, 0.1) is 20.6 Å². The molecule has 1 N–H and O–H groups in total. The van der Waals surface area contributed by atoms with E-state index in [1.165, 1.54) is 0 Å². The first-order valence-electron chi connectivity index (χ1n) is 6.59. The van der Waals surface area contributed by atoms with Gasteiger partial charge in [0.25, 0.3) is 5.91 Å². The summed E-state index contributed by atoms with van der Waals surface area (Å²) in [7, 11) is 4.12. The fourth-order valence-corrected chi connectivity index (χ4v) is 2.25. The molecule has 0 aliphatic rings. The number of aryl methyl sites for hydroxylation is 2. The first-order valence-corrected chi connectivity index (χ1v) is 6.97. The van der Waals surface area contributed by atoms with Gasteiger partial charge >= 0.3 is 0 Å². The van der Waals surface area contributed by atoms with Crippen LogP contribution in [-0.4, -0.2) is 37.1 Å². The second-order valence-corrected chi connectivity index (χ2v) is 6.11. The number of amides is 1. The van der Waals surface area contributed by atoms with Gasteiger partial charge < -0.3 is 9.80 Å². The van der Waals surface area contributed by atoms with E-state index in [-0.39, 0.29) is 44.7 Å². The van der Waals surface area contributed by atoms with Gasteiger partial charge in [0, 0.05) is 43.4 Å². The van der Waals surface area contributed by atoms with E-state index in [0.717, 1.165) is 23.4 Å². The van der Waals surface area contributed by atoms with Crippen LogP contribution in [0, 0.1) is 13.8 Å². The summed E-state index contributed by atoms with van der Waals surface area (Å²) < 4.78 is 0.664. The second-order valence-electron chi connectivity index (χ2n) is 5.67. The number of hydrogen-bond acceptors (Lipinski definition) is 1. The molecule has 0 aliphatic carbocycles. The van der Waals surface area contributed by atoms with Crippen molar-refractivity contribution in [2.24, 2.45) is 0 Å². The average Bonchev–Trinajstić information content (AvgIpc) is 2.32. The number of carbonyl (C=O) groups excluding carboxylic acids is 1. The van der Waals surface area contributed by atoms with E-state index < -0.39 is 0 Å². The van der Waals surface area contributed by atoms with Crippen molar-refractivity contribution in [3.8, 4) is 0 Å². The molecule has 1 aromatic rings. The van der Waals surface area contributed by atoms with Gasteiger partial charge in [-0.05, 0) is 51.0 Å². The van der Waals surface area contributed by atoms with Crippen LogP contribution in [0.1, 0.15) is 25.0 Å². The Morgan fingerprint density at radius 1 is 1.30 bits per heavy atom. The van der Waals surface area contributed by atoms with Crippen LogP contribution >= 0.6 is 11.6 Å². The molecule has 0 saturated carbocycles. The topological polar surface area (TPSA) is 29.1 Å². The summed E-state index contributed by atoms with van der Waals surface area (Å²) in [5.41, 5.74) is 2.86. The Hall–Kier alpha value is 0.0439. The molecule has 3 nitrogen and oxygen atoms in total. The quantitative estimate of drug-likeness (QED) is 0.807. The third-order valence-electron chi connectivity index (χ3n) is 3.99. The van der Waals surface area contributed by atoms with Crippen molar-refractivity contribution in [3.63, 3.8) is 0 Å². The maximum atomic E-state index is 12.3. The molecule has 0 spiro atoms. The van der Waals surface area contributed by atoms with Crippen LogP contribution in [-0.2, 0) is 37.5 Å². The van der Waals surface area contributed by atoms with E-state index in [1.54, 1.807) is 0 Å². The van der Waals surface area contributed by atoms with Crippen molar-refractivity contribution in [2.45, 2.75) is 33.7 Å². The fourth-order valence-electron chi connectivity index (χ4n) is 1.93. The van der Waals surface area contributed by atoms with Gasteiger partial charge in [-0.2, -0.15) is 0 Å². The third-order valence-corrected chi connectivity index (χ3v) is 4.21. The SMILES string of the molecule is CC[N+](C)(C)C(C)C(=O)Nc1c(C)cc(Cl)cc1C.[Y]. The number of likely N-dealkylation sites (N-methyl/N-ethyl adjacent to an activating group) is 1. The summed E-state index contributed by atoms with van der Waals surface area (Å²) in [5, 5.41) is 3.73. The van der Waals surface area contributed by atoms with Crippen LogP contribution in [0.3, 0.4) is 0 Å². The summed E-state index contributed by atoms with van der Waals surface area (Å²) in [4.78, 5) is 12.3. The van der Waals surface area contributed by atoms with Crippen LogP contribution in [0.5, 0.6) is 0 Å². The second kappa shape index (κ2) is 7.88. The van der Waals surface area contributed by atoms with Crippen LogP contribution in [0.4, 0.5) is 5.69 Å². The minimum absolute atomic E-state index is 0. The van der Waals surface area contributed by atoms with Crippen LogP contribution in [0.2, 0.25) is 5.02 Å². The maximum absolute atomic E-state index is 12.3. The molecule has 0 aromatic heterocycles. The molecule has 0 heterocycles. The average molecular weight is 373 g/mol. The van der Waals surface area contributed by atoms with Gasteiger partial charge in [-0.3, -0.25) is 4.79 Å². The predicted octanol–water partition coefficient (Wildman–Crippen LogP) is 3.38. The number of hydrogen-bond donors (Lipinski definition) is 1. The molecule has 0 saturated heterocycles. The zero-order valence-corrected chi connectivity index (χ0v) is 16.8. The molecule has 20 heavy (non-hydrogen) atoms. The smallest absolute Gasteiger partial charge is 0.282 e. The van der Waals surface area contributed by atoms with E-state index >= 15 is 0 Å². The van der Waals surface area contributed by atoms with Gasteiger partial charge in [-0.1, -0.05) is 11.6 Å². The first-order chi connectivity index (χ1) is 8.69. The number of quaternary nitrogens is 1. The molecule has 1 radical (unpaired) electrons. The van der Waals surface area contributed by atoms with Crippen molar-refractivity contribution in [1.82, 2.24) is 0 Å². The minimum atomic E-state index is -0.0977. The zero-order valence-electron chi connectivity index (χ0n) is 13.2. The molecule has 1 atom stereocenters. The van der Waals surface area contributed by atoms with E-state index in [0.29, 0.717) is 9.51 Å². The summed E-state index contributed by atoms with van der Waals surface area (Å²) in [6, 6.07) is 3.64. The van der Waals surface area contributed by atoms with E-state index in [1.807, 2.05) is 32.9 Å². The Morgan fingerprint density at radius 3 is 2.15 bits per heavy atom. The Morgan fingerprint density at radius 2 is 1.75 bits per heavy atom. The predicted molar refractivity (Wildman–Crippen MR) is 81.7 cm³/mol. The van der Waals surface area contributed by atoms with Gasteiger partial charge in [-0.25, -0.2) is 0 Å². The Bertz CT molecular complexity index is 466. The van der Waals surface area contributed by atoms with Crippen molar-refractivity contribution < 1.29 is 42.0 Å². The maximum Gasteiger partial charge on any atom is 0.282 e. The normalized spacial score (nSPS) is 12.6. The molecule has 0 aliphatic heterocycles. The number of carbonyl (C=O) groups is 1.